The SMILES string of the molecule is CN1CCN(Cc2cc(NC(=O)Nc3cc(-c4ccc5nc(N)ncc5c4)n(C)n3)cc(C(F)(F)F)c2)CC1. The summed E-state index contributed by atoms with van der Waals surface area (Å²) in [7, 11) is 3.74. The molecule has 204 valence electrons. The minimum Gasteiger partial charge on any atom is -0.368 e. The zero-order chi connectivity index (χ0) is 27.7. The second kappa shape index (κ2) is 10.5. The Morgan fingerprint density at radius 3 is 2.54 bits per heavy atom. The van der Waals surface area contributed by atoms with E-state index in [9.17, 15) is 18.0 Å². The number of aromatic nitrogens is 4. The van der Waals surface area contributed by atoms with E-state index in [1.165, 1.54) is 0 Å². The number of hydrogen-bond acceptors (Lipinski definition) is 7. The first-order valence-electron chi connectivity index (χ1n) is 12.3. The largest absolute Gasteiger partial charge is 0.416 e. The van der Waals surface area contributed by atoms with Crippen molar-refractivity contribution in [2.75, 3.05) is 49.6 Å². The van der Waals surface area contributed by atoms with Crippen molar-refractivity contribution in [2.24, 2.45) is 7.05 Å². The molecule has 39 heavy (non-hydrogen) atoms. The number of carbonyl (C=O) groups excluding carboxylic acids is 1. The van der Waals surface area contributed by atoms with E-state index in [4.69, 9.17) is 5.73 Å². The van der Waals surface area contributed by atoms with Crippen molar-refractivity contribution in [1.29, 1.82) is 0 Å². The van der Waals surface area contributed by atoms with Crippen LogP contribution in [-0.2, 0) is 19.8 Å². The molecule has 1 fully saturated rings. The van der Waals surface area contributed by atoms with Gasteiger partial charge in [-0.2, -0.15) is 18.3 Å². The Hall–Kier alpha value is -4.23. The number of likely N-dealkylation sites (N-methyl/N-ethyl adjacent to an activating group) is 1. The Morgan fingerprint density at radius 1 is 1.03 bits per heavy atom. The number of carbonyl (C=O) groups is 1. The molecule has 1 saturated heterocycles. The second-order valence-corrected chi connectivity index (χ2v) is 9.62. The van der Waals surface area contributed by atoms with Crippen molar-refractivity contribution in [3.63, 3.8) is 0 Å². The highest BCUT2D eigenvalue weighted by molar-refractivity contribution is 5.99. The number of anilines is 3. The Kier molecular flexibility index (Phi) is 7.10. The summed E-state index contributed by atoms with van der Waals surface area (Å²) in [5.74, 6) is 0.420. The van der Waals surface area contributed by atoms with Gasteiger partial charge in [-0.1, -0.05) is 6.07 Å². The molecular formula is C26H28F3N9O. The van der Waals surface area contributed by atoms with Crippen molar-refractivity contribution >= 4 is 34.4 Å². The first-order chi connectivity index (χ1) is 18.5. The molecule has 1 aliphatic rings. The molecule has 0 radical (unpaired) electrons. The molecule has 0 atom stereocenters. The molecule has 0 unspecified atom stereocenters. The number of alkyl halides is 3. The van der Waals surface area contributed by atoms with Gasteiger partial charge in [0.05, 0.1) is 16.8 Å². The molecule has 0 aliphatic carbocycles. The maximum Gasteiger partial charge on any atom is 0.416 e. The van der Waals surface area contributed by atoms with Crippen LogP contribution < -0.4 is 16.4 Å². The first kappa shape index (κ1) is 26.4. The van der Waals surface area contributed by atoms with Gasteiger partial charge in [-0.25, -0.2) is 14.8 Å². The van der Waals surface area contributed by atoms with Gasteiger partial charge in [0.25, 0.3) is 0 Å². The number of nitrogens with two attached hydrogens (primary N) is 1. The van der Waals surface area contributed by atoms with Crippen molar-refractivity contribution in [2.45, 2.75) is 12.7 Å². The quantitative estimate of drug-likeness (QED) is 0.351. The first-order valence-corrected chi connectivity index (χ1v) is 12.3. The molecule has 0 bridgehead atoms. The van der Waals surface area contributed by atoms with Gasteiger partial charge in [0.1, 0.15) is 0 Å². The topological polar surface area (TPSA) is 117 Å². The van der Waals surface area contributed by atoms with Gasteiger partial charge in [-0.05, 0) is 42.9 Å². The maximum atomic E-state index is 13.6. The Bertz CT molecular complexity index is 1510. The van der Waals surface area contributed by atoms with E-state index in [1.54, 1.807) is 30.1 Å². The average Bonchev–Trinajstić information content (AvgIpc) is 3.24. The number of hydrogen-bond donors (Lipinski definition) is 3. The third-order valence-electron chi connectivity index (χ3n) is 6.60. The van der Waals surface area contributed by atoms with Crippen LogP contribution in [0.15, 0.2) is 48.7 Å². The summed E-state index contributed by atoms with van der Waals surface area (Å²) in [6.45, 7) is 3.58. The number of benzene rings is 2. The van der Waals surface area contributed by atoms with Crippen LogP contribution in [-0.4, -0.2) is 68.8 Å². The number of urea groups is 1. The molecule has 0 spiro atoms. The van der Waals surface area contributed by atoms with E-state index < -0.39 is 17.8 Å². The number of rotatable bonds is 5. The van der Waals surface area contributed by atoms with Crippen molar-refractivity contribution < 1.29 is 18.0 Å². The number of aryl methyl sites for hydroxylation is 1. The van der Waals surface area contributed by atoms with Gasteiger partial charge in [0.2, 0.25) is 5.95 Å². The van der Waals surface area contributed by atoms with Gasteiger partial charge < -0.3 is 16.0 Å². The minimum atomic E-state index is -4.54. The average molecular weight is 540 g/mol. The molecule has 1 aliphatic heterocycles. The lowest BCUT2D eigenvalue weighted by atomic mass is 10.1. The number of nitrogens with one attached hydrogen (secondary N) is 2. The van der Waals surface area contributed by atoms with Gasteiger partial charge >= 0.3 is 12.2 Å². The second-order valence-electron chi connectivity index (χ2n) is 9.62. The molecule has 4 aromatic rings. The molecule has 2 aromatic carbocycles. The zero-order valence-corrected chi connectivity index (χ0v) is 21.5. The maximum absolute atomic E-state index is 13.6. The molecule has 13 heteroatoms. The van der Waals surface area contributed by atoms with Crippen LogP contribution in [0.25, 0.3) is 22.2 Å². The highest BCUT2D eigenvalue weighted by Crippen LogP contribution is 2.33. The Balaban J connectivity index is 1.31. The van der Waals surface area contributed by atoms with E-state index in [-0.39, 0.29) is 17.5 Å². The van der Waals surface area contributed by atoms with Crippen LogP contribution in [0.3, 0.4) is 0 Å². The number of halogens is 3. The van der Waals surface area contributed by atoms with Gasteiger partial charge in [0.15, 0.2) is 5.82 Å². The zero-order valence-electron chi connectivity index (χ0n) is 21.5. The van der Waals surface area contributed by atoms with Gasteiger partial charge in [-0.3, -0.25) is 14.9 Å². The van der Waals surface area contributed by atoms with Gasteiger partial charge in [-0.15, -0.1) is 0 Å². The molecule has 0 saturated carbocycles. The van der Waals surface area contributed by atoms with Crippen LogP contribution in [0.2, 0.25) is 0 Å². The highest BCUT2D eigenvalue weighted by atomic mass is 19.4. The van der Waals surface area contributed by atoms with Crippen LogP contribution >= 0.6 is 0 Å². The number of nitrogens with zero attached hydrogens (tertiary/aromatic N) is 6. The third kappa shape index (κ3) is 6.26. The minimum absolute atomic E-state index is 0.0522. The Labute approximate surface area is 222 Å². The predicted molar refractivity (Wildman–Crippen MR) is 143 cm³/mol. The summed E-state index contributed by atoms with van der Waals surface area (Å²) in [4.78, 5) is 25.2. The predicted octanol–water partition coefficient (Wildman–Crippen LogP) is 4.02. The Morgan fingerprint density at radius 2 is 1.79 bits per heavy atom. The lowest BCUT2D eigenvalue weighted by Gasteiger charge is -2.32. The summed E-state index contributed by atoms with van der Waals surface area (Å²) in [5, 5.41) is 10.2. The van der Waals surface area contributed by atoms with Crippen molar-refractivity contribution in [3.8, 4) is 11.3 Å². The van der Waals surface area contributed by atoms with Crippen LogP contribution in [0, 0.1) is 0 Å². The van der Waals surface area contributed by atoms with E-state index in [1.807, 2.05) is 25.2 Å². The third-order valence-corrected chi connectivity index (χ3v) is 6.60. The highest BCUT2D eigenvalue weighted by Gasteiger charge is 2.31. The van der Waals surface area contributed by atoms with E-state index in [0.717, 1.165) is 49.3 Å². The molecule has 3 heterocycles. The molecule has 4 N–H and O–H groups in total. The normalized spacial score (nSPS) is 15.0. The summed E-state index contributed by atoms with van der Waals surface area (Å²) in [6.07, 6.45) is -2.92. The van der Waals surface area contributed by atoms with Crippen LogP contribution in [0.1, 0.15) is 11.1 Å². The molecule has 2 amide bonds. The van der Waals surface area contributed by atoms with Crippen LogP contribution in [0.4, 0.5) is 35.4 Å². The fourth-order valence-electron chi connectivity index (χ4n) is 4.57. The van der Waals surface area contributed by atoms with E-state index in [2.05, 4.69) is 35.5 Å². The number of amides is 2. The standard InChI is InChI=1S/C26H28F3N9O/c1-36-5-7-38(8-6-36)15-16-9-19(26(27,28)29)12-20(10-16)32-25(39)34-23-13-22(37(2)35-23)17-3-4-21-18(11-17)14-31-24(30)33-21/h3-4,9-14H,5-8,15H2,1-2H3,(H2,30,31,33)(H2,32,34,35,39). The fraction of sp³-hybridized carbons (Fsp3) is 0.308. The molecule has 5 rings (SSSR count). The summed E-state index contributed by atoms with van der Waals surface area (Å²) in [5.41, 5.74) is 7.57. The molecule has 2 aromatic heterocycles. The van der Waals surface area contributed by atoms with Gasteiger partial charge in [0, 0.05) is 68.7 Å². The summed E-state index contributed by atoms with van der Waals surface area (Å²) in [6, 6.07) is 10.1. The smallest absolute Gasteiger partial charge is 0.368 e. The molecule has 10 nitrogen and oxygen atoms in total. The lowest BCUT2D eigenvalue weighted by Crippen LogP contribution is -2.43. The van der Waals surface area contributed by atoms with Crippen molar-refractivity contribution in [1.82, 2.24) is 29.5 Å². The number of piperazine rings is 1. The monoisotopic (exact) mass is 539 g/mol. The number of fused-ring (bicyclic) bond motifs is 1. The summed E-state index contributed by atoms with van der Waals surface area (Å²) >= 11 is 0. The van der Waals surface area contributed by atoms with Crippen LogP contribution in [0.5, 0.6) is 0 Å². The summed E-state index contributed by atoms with van der Waals surface area (Å²) < 4.78 is 42.4. The van der Waals surface area contributed by atoms with Crippen molar-refractivity contribution in [3.05, 3.63) is 59.8 Å². The van der Waals surface area contributed by atoms with E-state index in [0.29, 0.717) is 23.3 Å². The fourth-order valence-corrected chi connectivity index (χ4v) is 4.57. The van der Waals surface area contributed by atoms with E-state index >= 15 is 0 Å². The molecular weight excluding hydrogens is 511 g/mol. The number of nitrogen functional groups attached to an aromatic ring is 1. The lowest BCUT2D eigenvalue weighted by molar-refractivity contribution is -0.137.